The number of fused-ring (bicyclic) bond motifs is 1. The maximum Gasteiger partial charge on any atom is 0.280 e. The van der Waals surface area contributed by atoms with E-state index in [9.17, 15) is 14.9 Å². The zero-order valence-electron chi connectivity index (χ0n) is 11.5. The van der Waals surface area contributed by atoms with Gasteiger partial charge in [-0.15, -0.1) is 0 Å². The molecule has 0 saturated heterocycles. The zero-order valence-corrected chi connectivity index (χ0v) is 11.5. The zero-order chi connectivity index (χ0) is 14.9. The summed E-state index contributed by atoms with van der Waals surface area (Å²) in [6.07, 6.45) is 2.79. The number of rotatable bonds is 3. The topological polar surface area (TPSA) is 78.7 Å². The summed E-state index contributed by atoms with van der Waals surface area (Å²) in [6.45, 7) is 5.40. The highest BCUT2D eigenvalue weighted by molar-refractivity contribution is 5.97. The van der Waals surface area contributed by atoms with Crippen molar-refractivity contribution in [3.63, 3.8) is 0 Å². The third-order valence-corrected chi connectivity index (χ3v) is 2.87. The summed E-state index contributed by atoms with van der Waals surface area (Å²) < 4.78 is 10.3. The molecule has 0 saturated carbocycles. The average Bonchev–Trinajstić information content (AvgIpc) is 2.80. The van der Waals surface area contributed by atoms with Crippen LogP contribution in [-0.4, -0.2) is 17.5 Å². The summed E-state index contributed by atoms with van der Waals surface area (Å²) in [7, 11) is 0. The maximum atomic E-state index is 11.8. The molecule has 20 heavy (non-hydrogen) atoms. The molecule has 0 atom stereocenters. The van der Waals surface area contributed by atoms with Gasteiger partial charge in [-0.25, -0.2) is 0 Å². The Hall–Kier alpha value is -2.37. The van der Waals surface area contributed by atoms with Crippen LogP contribution in [0.25, 0.3) is 6.08 Å². The molecule has 1 aliphatic heterocycles. The molecule has 0 aliphatic carbocycles. The first-order valence-corrected chi connectivity index (χ1v) is 6.09. The molecule has 0 amide bonds. The molecular weight excluding hydrogens is 262 g/mol. The second-order valence-corrected chi connectivity index (χ2v) is 5.47. The van der Waals surface area contributed by atoms with Gasteiger partial charge in [0.1, 0.15) is 0 Å². The number of benzene rings is 1. The molecule has 6 heteroatoms. The van der Waals surface area contributed by atoms with Gasteiger partial charge in [0.25, 0.3) is 5.69 Å². The van der Waals surface area contributed by atoms with Gasteiger partial charge in [-0.3, -0.25) is 14.9 Å². The minimum absolute atomic E-state index is 0.0422. The Balaban J connectivity index is 2.38. The number of hydrogen-bond acceptors (Lipinski definition) is 5. The molecule has 6 nitrogen and oxygen atoms in total. The number of hydrogen-bond donors (Lipinski definition) is 0. The summed E-state index contributed by atoms with van der Waals surface area (Å²) in [4.78, 5) is 22.4. The van der Waals surface area contributed by atoms with Gasteiger partial charge in [-0.1, -0.05) is 20.8 Å². The lowest BCUT2D eigenvalue weighted by molar-refractivity contribution is -0.385. The largest absolute Gasteiger partial charge is 0.454 e. The third kappa shape index (κ3) is 2.79. The van der Waals surface area contributed by atoms with E-state index in [0.717, 1.165) is 0 Å². The smallest absolute Gasteiger partial charge is 0.280 e. The van der Waals surface area contributed by atoms with E-state index >= 15 is 0 Å². The highest BCUT2D eigenvalue weighted by Gasteiger charge is 2.23. The predicted octanol–water partition coefficient (Wildman–Crippen LogP) is 2.95. The lowest BCUT2D eigenvalue weighted by atomic mass is 9.90. The number of nitrogens with zero attached hydrogens (tertiary/aromatic N) is 1. The van der Waals surface area contributed by atoms with Gasteiger partial charge in [0.05, 0.1) is 16.6 Å². The van der Waals surface area contributed by atoms with Crippen LogP contribution >= 0.6 is 0 Å². The minimum Gasteiger partial charge on any atom is -0.454 e. The molecule has 0 unspecified atom stereocenters. The molecule has 1 aromatic rings. The second kappa shape index (κ2) is 4.96. The van der Waals surface area contributed by atoms with Crippen molar-refractivity contribution < 1.29 is 19.2 Å². The van der Waals surface area contributed by atoms with Gasteiger partial charge in [0, 0.05) is 5.41 Å². The van der Waals surface area contributed by atoms with Crippen molar-refractivity contribution >= 4 is 17.5 Å². The first-order valence-electron chi connectivity index (χ1n) is 6.09. The molecule has 1 heterocycles. The lowest BCUT2D eigenvalue weighted by Gasteiger charge is -2.12. The molecule has 2 rings (SSSR count). The number of ketones is 1. The van der Waals surface area contributed by atoms with Gasteiger partial charge < -0.3 is 9.47 Å². The third-order valence-electron chi connectivity index (χ3n) is 2.87. The first-order chi connectivity index (χ1) is 9.29. The predicted molar refractivity (Wildman–Crippen MR) is 72.7 cm³/mol. The summed E-state index contributed by atoms with van der Waals surface area (Å²) >= 11 is 0. The monoisotopic (exact) mass is 277 g/mol. The van der Waals surface area contributed by atoms with Crippen LogP contribution in [0.5, 0.6) is 11.5 Å². The molecule has 106 valence electrons. The van der Waals surface area contributed by atoms with Gasteiger partial charge in [0.2, 0.25) is 6.79 Å². The Labute approximate surface area is 116 Å². The van der Waals surface area contributed by atoms with E-state index in [-0.39, 0.29) is 18.3 Å². The Morgan fingerprint density at radius 1 is 1.30 bits per heavy atom. The van der Waals surface area contributed by atoms with E-state index in [1.165, 1.54) is 24.3 Å². The Bertz CT molecular complexity index is 598. The fourth-order valence-corrected chi connectivity index (χ4v) is 1.65. The number of ether oxygens (including phenoxy) is 2. The van der Waals surface area contributed by atoms with Crippen LogP contribution < -0.4 is 9.47 Å². The summed E-state index contributed by atoms with van der Waals surface area (Å²) in [6, 6.07) is 2.82. The maximum absolute atomic E-state index is 11.8. The van der Waals surface area contributed by atoms with Crippen LogP contribution in [0.4, 0.5) is 5.69 Å². The first kappa shape index (κ1) is 14.0. The Morgan fingerprint density at radius 3 is 2.45 bits per heavy atom. The molecule has 1 aromatic carbocycles. The molecule has 0 spiro atoms. The fraction of sp³-hybridized carbons (Fsp3) is 0.357. The number of carbonyl (C=O) groups excluding carboxylic acids is 1. The standard InChI is InChI=1S/C14H15NO5/c1-14(2,3)13(16)5-4-9-6-11-12(20-8-19-11)7-10(9)15(17)18/h4-7H,8H2,1-3H3/b5-4+. The summed E-state index contributed by atoms with van der Waals surface area (Å²) in [5.41, 5.74) is -0.328. The van der Waals surface area contributed by atoms with Crippen molar-refractivity contribution in [1.82, 2.24) is 0 Å². The minimum atomic E-state index is -0.526. The van der Waals surface area contributed by atoms with Crippen molar-refractivity contribution in [3.8, 4) is 11.5 Å². The molecule has 1 aliphatic rings. The van der Waals surface area contributed by atoms with Crippen LogP contribution in [0.2, 0.25) is 0 Å². The van der Waals surface area contributed by atoms with E-state index in [0.29, 0.717) is 17.1 Å². The molecule has 0 aromatic heterocycles. The van der Waals surface area contributed by atoms with E-state index in [2.05, 4.69) is 0 Å². The van der Waals surface area contributed by atoms with Crippen molar-refractivity contribution in [2.24, 2.45) is 5.41 Å². The van der Waals surface area contributed by atoms with E-state index in [1.807, 2.05) is 0 Å². The number of nitro benzene ring substituents is 1. The Kier molecular flexibility index (Phi) is 3.48. The highest BCUT2D eigenvalue weighted by atomic mass is 16.7. The normalized spacial score (nSPS) is 13.8. The van der Waals surface area contributed by atoms with Gasteiger partial charge in [0.15, 0.2) is 17.3 Å². The van der Waals surface area contributed by atoms with Crippen molar-refractivity contribution in [1.29, 1.82) is 0 Å². The average molecular weight is 277 g/mol. The summed E-state index contributed by atoms with van der Waals surface area (Å²) in [5.74, 6) is 0.680. The Morgan fingerprint density at radius 2 is 1.90 bits per heavy atom. The van der Waals surface area contributed by atoms with Crippen molar-refractivity contribution in [2.45, 2.75) is 20.8 Å². The van der Waals surface area contributed by atoms with Gasteiger partial charge in [-0.2, -0.15) is 0 Å². The second-order valence-electron chi connectivity index (χ2n) is 5.47. The van der Waals surface area contributed by atoms with Crippen LogP contribution in [0.3, 0.4) is 0 Å². The van der Waals surface area contributed by atoms with Crippen LogP contribution in [0.15, 0.2) is 18.2 Å². The van der Waals surface area contributed by atoms with E-state index in [4.69, 9.17) is 9.47 Å². The fourth-order valence-electron chi connectivity index (χ4n) is 1.65. The lowest BCUT2D eigenvalue weighted by Crippen LogP contribution is -2.17. The molecular formula is C14H15NO5. The van der Waals surface area contributed by atoms with Crippen LogP contribution in [-0.2, 0) is 4.79 Å². The van der Waals surface area contributed by atoms with Crippen molar-refractivity contribution in [3.05, 3.63) is 33.9 Å². The van der Waals surface area contributed by atoms with Crippen molar-refractivity contribution in [2.75, 3.05) is 6.79 Å². The van der Waals surface area contributed by atoms with E-state index < -0.39 is 10.3 Å². The number of nitro groups is 1. The van der Waals surface area contributed by atoms with Gasteiger partial charge >= 0.3 is 0 Å². The molecule has 0 radical (unpaired) electrons. The quantitative estimate of drug-likeness (QED) is 0.482. The number of carbonyl (C=O) groups is 1. The highest BCUT2D eigenvalue weighted by Crippen LogP contribution is 2.38. The summed E-state index contributed by atoms with van der Waals surface area (Å²) in [5, 5.41) is 11.1. The SMILES string of the molecule is CC(C)(C)C(=O)/C=C/c1cc2c(cc1[N+](=O)[O-])OCO2. The van der Waals surface area contributed by atoms with E-state index in [1.54, 1.807) is 20.8 Å². The molecule has 0 N–H and O–H groups in total. The number of allylic oxidation sites excluding steroid dienone is 1. The molecule has 0 fully saturated rings. The van der Waals surface area contributed by atoms with Crippen LogP contribution in [0, 0.1) is 15.5 Å². The van der Waals surface area contributed by atoms with Gasteiger partial charge in [-0.05, 0) is 18.2 Å². The van der Waals surface area contributed by atoms with Crippen LogP contribution in [0.1, 0.15) is 26.3 Å². The molecule has 0 bridgehead atoms.